The lowest BCUT2D eigenvalue weighted by atomic mass is 10.1. The highest BCUT2D eigenvalue weighted by atomic mass is 35.5. The normalized spacial score (nSPS) is 12.0. The molecule has 0 bridgehead atoms. The number of nitrogens with zero attached hydrogens (tertiary/aromatic N) is 4. The van der Waals surface area contributed by atoms with E-state index in [1.807, 2.05) is 24.3 Å². The second kappa shape index (κ2) is 4.64. The van der Waals surface area contributed by atoms with Gasteiger partial charge in [-0.05, 0) is 17.7 Å². The van der Waals surface area contributed by atoms with E-state index >= 15 is 0 Å². The van der Waals surface area contributed by atoms with Crippen molar-refractivity contribution < 1.29 is 4.92 Å². The fourth-order valence-corrected chi connectivity index (χ4v) is 2.79. The Kier molecular flexibility index (Phi) is 2.74. The average Bonchev–Trinajstić information content (AvgIpc) is 3.05. The molecule has 2 aromatic carbocycles. The van der Waals surface area contributed by atoms with Gasteiger partial charge >= 0.3 is 0 Å². The SMILES string of the molecule is O=[N+]([O-])c1cc(-c2nc3n(n2)Cc2ccccc2-3)ccc1Cl. The molecule has 0 aliphatic carbocycles. The molecule has 1 aliphatic heterocycles. The van der Waals surface area contributed by atoms with Gasteiger partial charge in [0.2, 0.25) is 0 Å². The predicted molar refractivity (Wildman–Crippen MR) is 81.7 cm³/mol. The predicted octanol–water partition coefficient (Wildman–Crippen LogP) is 3.54. The molecule has 7 heteroatoms. The molecule has 0 fully saturated rings. The van der Waals surface area contributed by atoms with E-state index < -0.39 is 4.92 Å². The second-order valence-corrected chi connectivity index (χ2v) is 5.40. The van der Waals surface area contributed by atoms with Crippen molar-refractivity contribution in [3.8, 4) is 22.8 Å². The van der Waals surface area contributed by atoms with Crippen LogP contribution in [0.2, 0.25) is 5.02 Å². The van der Waals surface area contributed by atoms with Gasteiger partial charge in [-0.1, -0.05) is 35.9 Å². The van der Waals surface area contributed by atoms with Crippen LogP contribution in [0.1, 0.15) is 5.56 Å². The van der Waals surface area contributed by atoms with Gasteiger partial charge in [-0.25, -0.2) is 9.67 Å². The molecular formula is C15H9ClN4O2. The van der Waals surface area contributed by atoms with E-state index in [9.17, 15) is 10.1 Å². The van der Waals surface area contributed by atoms with Gasteiger partial charge in [-0.15, -0.1) is 0 Å². The number of hydrogen-bond acceptors (Lipinski definition) is 4. The molecule has 4 rings (SSSR count). The Labute approximate surface area is 130 Å². The van der Waals surface area contributed by atoms with E-state index in [0.717, 1.165) is 11.4 Å². The zero-order chi connectivity index (χ0) is 15.3. The quantitative estimate of drug-likeness (QED) is 0.419. The lowest BCUT2D eigenvalue weighted by Crippen LogP contribution is -1.96. The van der Waals surface area contributed by atoms with Crippen molar-refractivity contribution in [2.45, 2.75) is 6.54 Å². The van der Waals surface area contributed by atoms with Crippen molar-refractivity contribution in [1.29, 1.82) is 0 Å². The summed E-state index contributed by atoms with van der Waals surface area (Å²) in [6.45, 7) is 0.661. The monoisotopic (exact) mass is 312 g/mol. The average molecular weight is 313 g/mol. The van der Waals surface area contributed by atoms with Crippen LogP contribution < -0.4 is 0 Å². The summed E-state index contributed by atoms with van der Waals surface area (Å²) in [7, 11) is 0. The van der Waals surface area contributed by atoms with Gasteiger partial charge in [0.15, 0.2) is 11.6 Å². The van der Waals surface area contributed by atoms with E-state index in [-0.39, 0.29) is 10.7 Å². The van der Waals surface area contributed by atoms with Gasteiger partial charge in [-0.2, -0.15) is 5.10 Å². The zero-order valence-electron chi connectivity index (χ0n) is 11.2. The number of aromatic nitrogens is 3. The van der Waals surface area contributed by atoms with Crippen molar-refractivity contribution in [3.05, 3.63) is 63.2 Å². The summed E-state index contributed by atoms with van der Waals surface area (Å²) in [5, 5.41) is 15.5. The third-order valence-corrected chi connectivity index (χ3v) is 3.97. The van der Waals surface area contributed by atoms with Crippen LogP contribution in [0.15, 0.2) is 42.5 Å². The lowest BCUT2D eigenvalue weighted by Gasteiger charge is -1.99. The molecule has 0 saturated heterocycles. The Morgan fingerprint density at radius 1 is 1.23 bits per heavy atom. The Morgan fingerprint density at radius 3 is 2.86 bits per heavy atom. The highest BCUT2D eigenvalue weighted by molar-refractivity contribution is 6.32. The molecule has 0 radical (unpaired) electrons. The number of halogens is 1. The molecule has 0 atom stereocenters. The third-order valence-electron chi connectivity index (χ3n) is 3.65. The Bertz CT molecular complexity index is 920. The fourth-order valence-electron chi connectivity index (χ4n) is 2.60. The first-order valence-corrected chi connectivity index (χ1v) is 6.99. The van der Waals surface area contributed by atoms with Crippen LogP contribution in [0.5, 0.6) is 0 Å². The number of nitro benzene ring substituents is 1. The first-order valence-electron chi connectivity index (χ1n) is 6.61. The second-order valence-electron chi connectivity index (χ2n) is 5.00. The number of benzene rings is 2. The molecule has 1 aliphatic rings. The fraction of sp³-hybridized carbons (Fsp3) is 0.0667. The van der Waals surface area contributed by atoms with E-state index in [0.29, 0.717) is 17.9 Å². The smallest absolute Gasteiger partial charge is 0.258 e. The molecule has 2 heterocycles. The van der Waals surface area contributed by atoms with Crippen LogP contribution in [0.4, 0.5) is 5.69 Å². The van der Waals surface area contributed by atoms with Crippen LogP contribution in [-0.4, -0.2) is 19.7 Å². The summed E-state index contributed by atoms with van der Waals surface area (Å²) in [5.41, 5.74) is 2.65. The van der Waals surface area contributed by atoms with Gasteiger partial charge in [0.05, 0.1) is 11.5 Å². The first-order chi connectivity index (χ1) is 10.6. The van der Waals surface area contributed by atoms with E-state index in [2.05, 4.69) is 10.1 Å². The number of hydrogen-bond donors (Lipinski definition) is 0. The molecule has 3 aromatic rings. The molecule has 0 N–H and O–H groups in total. The third kappa shape index (κ3) is 1.88. The molecule has 0 spiro atoms. The summed E-state index contributed by atoms with van der Waals surface area (Å²) < 4.78 is 1.81. The molecular weight excluding hydrogens is 304 g/mol. The van der Waals surface area contributed by atoms with E-state index in [1.165, 1.54) is 17.7 Å². The van der Waals surface area contributed by atoms with Gasteiger partial charge in [0.25, 0.3) is 5.69 Å². The van der Waals surface area contributed by atoms with E-state index in [4.69, 9.17) is 11.6 Å². The van der Waals surface area contributed by atoms with Crippen LogP contribution in [-0.2, 0) is 6.54 Å². The maximum absolute atomic E-state index is 11.0. The Hall–Kier alpha value is -2.73. The van der Waals surface area contributed by atoms with Crippen LogP contribution in [0, 0.1) is 10.1 Å². The van der Waals surface area contributed by atoms with Crippen molar-refractivity contribution >= 4 is 17.3 Å². The molecule has 0 amide bonds. The summed E-state index contributed by atoms with van der Waals surface area (Å²) in [5.74, 6) is 1.24. The van der Waals surface area contributed by atoms with Gasteiger partial charge in [-0.3, -0.25) is 10.1 Å². The van der Waals surface area contributed by atoms with Crippen molar-refractivity contribution in [2.24, 2.45) is 0 Å². The molecule has 1 aromatic heterocycles. The minimum atomic E-state index is -0.509. The number of fused-ring (bicyclic) bond motifs is 3. The molecule has 108 valence electrons. The highest BCUT2D eigenvalue weighted by Crippen LogP contribution is 2.33. The maximum atomic E-state index is 11.0. The van der Waals surface area contributed by atoms with Gasteiger partial charge < -0.3 is 0 Å². The van der Waals surface area contributed by atoms with E-state index in [1.54, 1.807) is 10.7 Å². The van der Waals surface area contributed by atoms with Crippen LogP contribution in [0.25, 0.3) is 22.8 Å². The van der Waals surface area contributed by atoms with Crippen LogP contribution >= 0.6 is 11.6 Å². The molecule has 0 saturated carbocycles. The van der Waals surface area contributed by atoms with Crippen molar-refractivity contribution in [2.75, 3.05) is 0 Å². The molecule has 6 nitrogen and oxygen atoms in total. The lowest BCUT2D eigenvalue weighted by molar-refractivity contribution is -0.384. The summed E-state index contributed by atoms with van der Waals surface area (Å²) in [4.78, 5) is 15.0. The van der Waals surface area contributed by atoms with Crippen LogP contribution in [0.3, 0.4) is 0 Å². The number of nitro groups is 1. The van der Waals surface area contributed by atoms with Gasteiger partial charge in [0.1, 0.15) is 5.02 Å². The Balaban J connectivity index is 1.81. The Morgan fingerprint density at radius 2 is 2.05 bits per heavy atom. The molecule has 0 unspecified atom stereocenters. The van der Waals surface area contributed by atoms with Crippen molar-refractivity contribution in [3.63, 3.8) is 0 Å². The maximum Gasteiger partial charge on any atom is 0.288 e. The van der Waals surface area contributed by atoms with Gasteiger partial charge in [0, 0.05) is 17.2 Å². The topological polar surface area (TPSA) is 73.8 Å². The zero-order valence-corrected chi connectivity index (χ0v) is 12.0. The standard InChI is InChI=1S/C15H9ClN4O2/c16-12-6-5-9(7-13(12)20(21)22)14-17-15-11-4-2-1-3-10(11)8-19(15)18-14/h1-7H,8H2. The first kappa shape index (κ1) is 13.0. The minimum absolute atomic E-state index is 0.103. The largest absolute Gasteiger partial charge is 0.288 e. The summed E-state index contributed by atoms with van der Waals surface area (Å²) in [6.07, 6.45) is 0. The summed E-state index contributed by atoms with van der Waals surface area (Å²) >= 11 is 5.83. The minimum Gasteiger partial charge on any atom is -0.258 e. The molecule has 22 heavy (non-hydrogen) atoms. The highest BCUT2D eigenvalue weighted by Gasteiger charge is 2.23. The summed E-state index contributed by atoms with van der Waals surface area (Å²) in [6, 6.07) is 12.6. The number of rotatable bonds is 2. The van der Waals surface area contributed by atoms with Crippen molar-refractivity contribution in [1.82, 2.24) is 14.8 Å².